The summed E-state index contributed by atoms with van der Waals surface area (Å²) in [5.41, 5.74) is -1.19. The summed E-state index contributed by atoms with van der Waals surface area (Å²) in [6, 6.07) is 5.31. The Balaban J connectivity index is 1.06. The lowest BCUT2D eigenvalue weighted by Crippen LogP contribution is -2.49. The molecule has 2 saturated heterocycles. The molecule has 0 spiro atoms. The van der Waals surface area contributed by atoms with Crippen molar-refractivity contribution in [2.24, 2.45) is 18.9 Å². The van der Waals surface area contributed by atoms with Crippen molar-refractivity contribution >= 4 is 35.1 Å². The van der Waals surface area contributed by atoms with Crippen molar-refractivity contribution in [1.29, 1.82) is 5.26 Å². The van der Waals surface area contributed by atoms with Gasteiger partial charge in [-0.05, 0) is 18.2 Å². The molecule has 1 saturated carbocycles. The second kappa shape index (κ2) is 11.9. The number of hydrogen-bond donors (Lipinski definition) is 5. The molecular weight excluding hydrogens is 633 g/mol. The molecule has 2 aromatic heterocycles. The monoisotopic (exact) mass is 660 g/mol. The Hall–Kier alpha value is -4.66. The maximum absolute atomic E-state index is 13.6. The van der Waals surface area contributed by atoms with Gasteiger partial charge in [0.15, 0.2) is 11.5 Å². The molecule has 18 heteroatoms. The third-order valence-corrected chi connectivity index (χ3v) is 8.78. The van der Waals surface area contributed by atoms with E-state index >= 15 is 0 Å². The smallest absolute Gasteiger partial charge is 0.390 e. The lowest BCUT2D eigenvalue weighted by molar-refractivity contribution is -0.141. The Morgan fingerprint density at radius 1 is 1.17 bits per heavy atom. The van der Waals surface area contributed by atoms with E-state index in [1.807, 2.05) is 0 Å². The summed E-state index contributed by atoms with van der Waals surface area (Å²) in [6.45, 7) is 1.49. The number of halogens is 4. The fourth-order valence-corrected chi connectivity index (χ4v) is 6.27. The van der Waals surface area contributed by atoms with Crippen molar-refractivity contribution in [3.05, 3.63) is 52.7 Å². The van der Waals surface area contributed by atoms with Crippen LogP contribution < -0.4 is 21.3 Å². The number of nitriles is 1. The van der Waals surface area contributed by atoms with Crippen LogP contribution in [0.25, 0.3) is 11.3 Å². The average Bonchev–Trinajstić information content (AvgIpc) is 3.55. The number of imidazole rings is 1. The summed E-state index contributed by atoms with van der Waals surface area (Å²) in [7, 11) is 1.37. The van der Waals surface area contributed by atoms with Gasteiger partial charge in [-0.15, -0.1) is 0 Å². The number of nitrogens with one attached hydrogen (secondary N) is 4. The number of amides is 4. The van der Waals surface area contributed by atoms with Crippen molar-refractivity contribution < 1.29 is 32.7 Å². The van der Waals surface area contributed by atoms with Gasteiger partial charge in [-0.25, -0.2) is 9.78 Å². The Bertz CT molecular complexity index is 1740. The Morgan fingerprint density at radius 2 is 1.91 bits per heavy atom. The third-order valence-electron chi connectivity index (χ3n) is 8.47. The highest BCUT2D eigenvalue weighted by Crippen LogP contribution is 2.45. The maximum atomic E-state index is 13.6. The minimum Gasteiger partial charge on any atom is -0.390 e. The fourth-order valence-electron chi connectivity index (χ4n) is 6.00. The zero-order chi connectivity index (χ0) is 32.9. The van der Waals surface area contributed by atoms with Crippen molar-refractivity contribution in [2.75, 3.05) is 31.5 Å². The first-order valence-electron chi connectivity index (χ1n) is 14.3. The van der Waals surface area contributed by atoms with Gasteiger partial charge in [0.1, 0.15) is 6.54 Å². The highest BCUT2D eigenvalue weighted by molar-refractivity contribution is 6.34. The largest absolute Gasteiger partial charge is 0.435 e. The van der Waals surface area contributed by atoms with Gasteiger partial charge in [-0.3, -0.25) is 14.3 Å². The third kappa shape index (κ3) is 5.98. The van der Waals surface area contributed by atoms with Gasteiger partial charge < -0.3 is 35.8 Å². The van der Waals surface area contributed by atoms with E-state index in [1.165, 1.54) is 29.8 Å². The molecule has 5 N–H and O–H groups in total. The van der Waals surface area contributed by atoms with Crippen LogP contribution in [-0.2, 0) is 19.8 Å². The summed E-state index contributed by atoms with van der Waals surface area (Å²) >= 11 is 6.38. The molecule has 0 radical (unpaired) electrons. The van der Waals surface area contributed by atoms with E-state index in [4.69, 9.17) is 16.9 Å². The van der Waals surface area contributed by atoms with E-state index < -0.39 is 36.3 Å². The van der Waals surface area contributed by atoms with Gasteiger partial charge in [-0.2, -0.15) is 23.5 Å². The molecule has 3 fully saturated rings. The van der Waals surface area contributed by atoms with E-state index in [1.54, 1.807) is 11.0 Å². The summed E-state index contributed by atoms with van der Waals surface area (Å²) in [5.74, 6) is -1.14. The van der Waals surface area contributed by atoms with Gasteiger partial charge in [0, 0.05) is 63.0 Å². The van der Waals surface area contributed by atoms with Crippen LogP contribution in [0.2, 0.25) is 5.02 Å². The summed E-state index contributed by atoms with van der Waals surface area (Å²) in [5, 5.41) is 33.7. The van der Waals surface area contributed by atoms with E-state index in [2.05, 4.69) is 31.3 Å². The van der Waals surface area contributed by atoms with E-state index in [0.717, 1.165) is 17.1 Å². The molecule has 3 aliphatic rings. The second-order valence-electron chi connectivity index (χ2n) is 11.4. The van der Waals surface area contributed by atoms with Crippen LogP contribution >= 0.6 is 11.6 Å². The number of carbonyl (C=O) groups excluding carboxylic acids is 3. The molecule has 5 atom stereocenters. The number of urea groups is 1. The standard InChI is InChI=1S/C28H28ClF3N10O4/c1-40-20(17-12-42(5-4-33)39-23(17)28(30,31)32)8-35-24(40)26(45)36-13-2-3-14(18(29)6-13)25(44)38-22-15-10-41(11-16(15)22)27(46)37-19-7-34-9-21(19)43/h2-3,6,8,12,15-16,19,21-22,34,43H,5,7,9-11H2,1H3,(H,36,45)(H,37,46)(H,38,44)/t15-,16+,19-,21-,22?/m1/s1. The maximum Gasteiger partial charge on any atom is 0.435 e. The SMILES string of the molecule is Cn1c(-c2cn(CC#N)nc2C(F)(F)F)cnc1C(=O)Nc1ccc(C(=O)NC2[C@H]3CN(C(=O)N[C@@H]4CNC[C@H]4O)C[C@@H]23)c(Cl)c1. The molecule has 1 aromatic carbocycles. The van der Waals surface area contributed by atoms with Gasteiger partial charge in [0.05, 0.1) is 46.3 Å². The first kappa shape index (κ1) is 31.3. The summed E-state index contributed by atoms with van der Waals surface area (Å²) in [4.78, 5) is 44.2. The van der Waals surface area contributed by atoms with E-state index in [0.29, 0.717) is 26.2 Å². The molecular formula is C28H28ClF3N10O4. The number of hydrogen-bond acceptors (Lipinski definition) is 8. The highest BCUT2D eigenvalue weighted by Gasteiger charge is 2.57. The predicted molar refractivity (Wildman–Crippen MR) is 155 cm³/mol. The van der Waals surface area contributed by atoms with Crippen LogP contribution in [0, 0.1) is 23.2 Å². The van der Waals surface area contributed by atoms with Gasteiger partial charge >= 0.3 is 12.2 Å². The quantitative estimate of drug-likeness (QED) is 0.252. The number of anilines is 1. The van der Waals surface area contributed by atoms with Crippen molar-refractivity contribution in [1.82, 2.24) is 40.2 Å². The zero-order valence-corrected chi connectivity index (χ0v) is 24.9. The second-order valence-corrected chi connectivity index (χ2v) is 11.8. The number of piperidine rings is 1. The number of benzene rings is 1. The first-order valence-corrected chi connectivity index (χ1v) is 14.6. The zero-order valence-electron chi connectivity index (χ0n) is 24.2. The lowest BCUT2D eigenvalue weighted by atomic mass is 10.2. The molecule has 3 aromatic rings. The normalized spacial score (nSPS) is 23.5. The first-order chi connectivity index (χ1) is 21.8. The Labute approximate surface area is 264 Å². The van der Waals surface area contributed by atoms with Crippen molar-refractivity contribution in [2.45, 2.75) is 30.9 Å². The number of carbonyl (C=O) groups is 3. The number of β-amino-alcohol motifs (C(OH)–C–C–N with tert-alkyl or cyclic N) is 1. The number of aromatic nitrogens is 4. The minimum absolute atomic E-state index is 0.0368. The number of fused-ring (bicyclic) bond motifs is 1. The summed E-state index contributed by atoms with van der Waals surface area (Å²) in [6.07, 6.45) is -3.26. The van der Waals surface area contributed by atoms with Gasteiger partial charge in [0.2, 0.25) is 0 Å². The van der Waals surface area contributed by atoms with Crippen LogP contribution in [0.3, 0.4) is 0 Å². The summed E-state index contributed by atoms with van der Waals surface area (Å²) < 4.78 is 42.9. The van der Waals surface area contributed by atoms with Crippen LogP contribution in [0.4, 0.5) is 23.7 Å². The molecule has 14 nitrogen and oxygen atoms in total. The van der Waals surface area contributed by atoms with Gasteiger partial charge in [0.25, 0.3) is 11.8 Å². The van der Waals surface area contributed by atoms with Crippen LogP contribution in [0.15, 0.2) is 30.6 Å². The van der Waals surface area contributed by atoms with Gasteiger partial charge in [-0.1, -0.05) is 11.6 Å². The molecule has 4 heterocycles. The number of alkyl halides is 3. The lowest BCUT2D eigenvalue weighted by Gasteiger charge is -2.24. The average molecular weight is 661 g/mol. The molecule has 4 amide bonds. The molecule has 46 heavy (non-hydrogen) atoms. The minimum atomic E-state index is -4.80. The number of aliphatic hydroxyl groups is 1. The number of likely N-dealkylation sites (tertiary alicyclic amines) is 1. The topological polar surface area (TPSA) is 182 Å². The predicted octanol–water partition coefficient (Wildman–Crippen LogP) is 1.43. The Morgan fingerprint density at radius 3 is 2.54 bits per heavy atom. The number of nitrogens with zero attached hydrogens (tertiary/aromatic N) is 6. The molecule has 1 aliphatic carbocycles. The molecule has 242 valence electrons. The van der Waals surface area contributed by atoms with E-state index in [-0.39, 0.29) is 63.3 Å². The number of rotatable bonds is 7. The molecule has 0 bridgehead atoms. The highest BCUT2D eigenvalue weighted by atomic mass is 35.5. The van der Waals surface area contributed by atoms with Crippen LogP contribution in [0.5, 0.6) is 0 Å². The Kier molecular flexibility index (Phi) is 8.12. The van der Waals surface area contributed by atoms with Crippen LogP contribution in [0.1, 0.15) is 26.7 Å². The van der Waals surface area contributed by atoms with Crippen molar-refractivity contribution in [3.63, 3.8) is 0 Å². The van der Waals surface area contributed by atoms with Crippen LogP contribution in [-0.4, -0.2) is 91.6 Å². The molecule has 1 unspecified atom stereocenters. The van der Waals surface area contributed by atoms with E-state index in [9.17, 15) is 32.7 Å². The molecule has 2 aliphatic heterocycles. The van der Waals surface area contributed by atoms with Crippen molar-refractivity contribution in [3.8, 4) is 17.3 Å². The fraction of sp³-hybridized carbons (Fsp3) is 0.429. The molecule has 6 rings (SSSR count). The number of aliphatic hydroxyl groups excluding tert-OH is 1.